The van der Waals surface area contributed by atoms with E-state index in [2.05, 4.69) is 0 Å². The fourth-order valence-electron chi connectivity index (χ4n) is 1.88. The van der Waals surface area contributed by atoms with Crippen LogP contribution < -0.4 is 5.73 Å². The second-order valence-electron chi connectivity index (χ2n) is 5.02. The van der Waals surface area contributed by atoms with Crippen LogP contribution in [0.1, 0.15) is 24.0 Å². The van der Waals surface area contributed by atoms with Crippen molar-refractivity contribution in [1.29, 1.82) is 5.26 Å². The lowest BCUT2D eigenvalue weighted by Gasteiger charge is -2.09. The number of rotatable bonds is 1. The molecule has 0 radical (unpaired) electrons. The fourth-order valence-corrected chi connectivity index (χ4v) is 2.19. The van der Waals surface area contributed by atoms with Crippen molar-refractivity contribution in [3.05, 3.63) is 69.2 Å². The summed E-state index contributed by atoms with van der Waals surface area (Å²) >= 11 is 11.0. The van der Waals surface area contributed by atoms with E-state index in [1.165, 1.54) is 18.2 Å². The number of nitrogens with zero attached hydrogens (tertiary/aromatic N) is 1. The highest BCUT2D eigenvalue weighted by Crippen LogP contribution is 2.43. The number of hydrogen-bond donors (Lipinski definition) is 1. The smallest absolute Gasteiger partial charge is 0.142 e. The van der Waals surface area contributed by atoms with Gasteiger partial charge in [-0.1, -0.05) is 29.3 Å². The van der Waals surface area contributed by atoms with Gasteiger partial charge in [0.2, 0.25) is 0 Å². The van der Waals surface area contributed by atoms with E-state index in [-0.39, 0.29) is 11.4 Å². The van der Waals surface area contributed by atoms with Crippen molar-refractivity contribution >= 4 is 23.2 Å². The van der Waals surface area contributed by atoms with E-state index >= 15 is 0 Å². The van der Waals surface area contributed by atoms with Gasteiger partial charge in [-0.3, -0.25) is 0 Å². The molecule has 114 valence electrons. The van der Waals surface area contributed by atoms with Crippen LogP contribution in [0.2, 0.25) is 10.0 Å². The first-order valence-electron chi connectivity index (χ1n) is 6.45. The van der Waals surface area contributed by atoms with E-state index in [0.717, 1.165) is 18.9 Å². The van der Waals surface area contributed by atoms with E-state index in [4.69, 9.17) is 34.2 Å². The Balaban J connectivity index is 0.000000164. The topological polar surface area (TPSA) is 49.8 Å². The molecule has 0 unspecified atom stereocenters. The summed E-state index contributed by atoms with van der Waals surface area (Å²) in [6, 6.07) is 10.3. The normalized spacial score (nSPS) is 14.5. The monoisotopic (exact) mass is 340 g/mol. The van der Waals surface area contributed by atoms with Crippen molar-refractivity contribution in [3.63, 3.8) is 0 Å². The second-order valence-corrected chi connectivity index (χ2v) is 5.89. The van der Waals surface area contributed by atoms with Crippen LogP contribution in [0.4, 0.5) is 8.78 Å². The Bertz CT molecular complexity index is 737. The van der Waals surface area contributed by atoms with E-state index in [1.807, 2.05) is 0 Å². The number of nitriles is 1. The highest BCUT2D eigenvalue weighted by Gasteiger charge is 2.41. The zero-order chi connectivity index (χ0) is 16.3. The maximum absolute atomic E-state index is 13.2. The molecule has 6 heteroatoms. The summed E-state index contributed by atoms with van der Waals surface area (Å²) in [7, 11) is 0. The fraction of sp³-hybridized carbons (Fsp3) is 0.188. The SMILES string of the molecule is N#Cc1ccc(Cl)cc1F.NC1(c2ccc(Cl)cc2F)CC1. The number of benzene rings is 2. The van der Waals surface area contributed by atoms with Crippen LogP contribution in [0.25, 0.3) is 0 Å². The maximum Gasteiger partial charge on any atom is 0.142 e. The van der Waals surface area contributed by atoms with Crippen LogP contribution in [-0.4, -0.2) is 0 Å². The molecule has 0 spiro atoms. The van der Waals surface area contributed by atoms with Gasteiger partial charge in [0.15, 0.2) is 0 Å². The maximum atomic E-state index is 13.2. The van der Waals surface area contributed by atoms with Gasteiger partial charge in [0, 0.05) is 21.1 Å². The zero-order valence-electron chi connectivity index (χ0n) is 11.4. The summed E-state index contributed by atoms with van der Waals surface area (Å²) in [5.74, 6) is -0.863. The van der Waals surface area contributed by atoms with Gasteiger partial charge >= 0.3 is 0 Å². The number of hydrogen-bond acceptors (Lipinski definition) is 2. The van der Waals surface area contributed by atoms with Crippen LogP contribution >= 0.6 is 23.2 Å². The molecule has 0 bridgehead atoms. The van der Waals surface area contributed by atoms with Gasteiger partial charge in [-0.25, -0.2) is 8.78 Å². The summed E-state index contributed by atoms with van der Waals surface area (Å²) in [4.78, 5) is 0. The lowest BCUT2D eigenvalue weighted by Crippen LogP contribution is -2.20. The Morgan fingerprint density at radius 1 is 1.00 bits per heavy atom. The Labute approximate surface area is 137 Å². The molecule has 1 fully saturated rings. The minimum absolute atomic E-state index is 0.0180. The van der Waals surface area contributed by atoms with E-state index in [0.29, 0.717) is 15.6 Å². The molecule has 3 rings (SSSR count). The second kappa shape index (κ2) is 6.62. The van der Waals surface area contributed by atoms with Crippen LogP contribution in [0.5, 0.6) is 0 Å². The van der Waals surface area contributed by atoms with Gasteiger partial charge in [0.25, 0.3) is 0 Å². The quantitative estimate of drug-likeness (QED) is 0.812. The molecule has 0 atom stereocenters. The van der Waals surface area contributed by atoms with Crippen LogP contribution in [0, 0.1) is 23.0 Å². The average molecular weight is 341 g/mol. The Morgan fingerprint density at radius 3 is 2.00 bits per heavy atom. The molecular formula is C16H12Cl2F2N2. The van der Waals surface area contributed by atoms with Crippen molar-refractivity contribution in [2.24, 2.45) is 5.73 Å². The van der Waals surface area contributed by atoms with Crippen molar-refractivity contribution in [2.45, 2.75) is 18.4 Å². The predicted molar refractivity (Wildman–Crippen MR) is 82.6 cm³/mol. The van der Waals surface area contributed by atoms with Gasteiger partial charge in [-0.15, -0.1) is 0 Å². The van der Waals surface area contributed by atoms with Crippen molar-refractivity contribution < 1.29 is 8.78 Å². The van der Waals surface area contributed by atoms with E-state index in [1.54, 1.807) is 18.2 Å². The predicted octanol–water partition coefficient (Wildman–Crippen LogP) is 4.78. The molecule has 2 aromatic carbocycles. The highest BCUT2D eigenvalue weighted by atomic mass is 35.5. The molecule has 0 amide bonds. The first-order chi connectivity index (χ1) is 10.4. The third-order valence-electron chi connectivity index (χ3n) is 3.31. The molecule has 0 aliphatic heterocycles. The molecule has 0 saturated heterocycles. The Kier molecular flexibility index (Phi) is 5.02. The van der Waals surface area contributed by atoms with E-state index < -0.39 is 11.4 Å². The molecule has 22 heavy (non-hydrogen) atoms. The molecular weight excluding hydrogens is 329 g/mol. The van der Waals surface area contributed by atoms with Crippen molar-refractivity contribution in [2.75, 3.05) is 0 Å². The van der Waals surface area contributed by atoms with Crippen LogP contribution in [0.15, 0.2) is 36.4 Å². The summed E-state index contributed by atoms with van der Waals surface area (Å²) in [5, 5.41) is 9.00. The summed E-state index contributed by atoms with van der Waals surface area (Å²) in [5.41, 5.74) is 6.04. The van der Waals surface area contributed by atoms with Gasteiger partial charge in [0.05, 0.1) is 5.56 Å². The molecule has 2 nitrogen and oxygen atoms in total. The molecule has 0 aromatic heterocycles. The summed E-state index contributed by atoms with van der Waals surface area (Å²) < 4.78 is 25.8. The standard InChI is InChI=1S/C9H9ClFN.C7H3ClFN/c10-6-1-2-7(8(11)5-6)9(12)3-4-9;8-6-2-1-5(4-10)7(9)3-6/h1-2,5H,3-4,12H2;1-3H. The van der Waals surface area contributed by atoms with Gasteiger partial charge in [0.1, 0.15) is 17.7 Å². The summed E-state index contributed by atoms with van der Waals surface area (Å²) in [6.07, 6.45) is 1.73. The first-order valence-corrected chi connectivity index (χ1v) is 7.21. The zero-order valence-corrected chi connectivity index (χ0v) is 12.9. The van der Waals surface area contributed by atoms with E-state index in [9.17, 15) is 8.78 Å². The van der Waals surface area contributed by atoms with Crippen molar-refractivity contribution in [1.82, 2.24) is 0 Å². The Morgan fingerprint density at radius 2 is 1.55 bits per heavy atom. The Hall–Kier alpha value is -1.67. The molecule has 1 saturated carbocycles. The lowest BCUT2D eigenvalue weighted by atomic mass is 10.1. The molecule has 2 aromatic rings. The lowest BCUT2D eigenvalue weighted by molar-refractivity contribution is 0.578. The molecule has 0 heterocycles. The third kappa shape index (κ3) is 3.95. The summed E-state index contributed by atoms with van der Waals surface area (Å²) in [6.45, 7) is 0. The van der Waals surface area contributed by atoms with Crippen LogP contribution in [0.3, 0.4) is 0 Å². The first kappa shape index (κ1) is 16.7. The third-order valence-corrected chi connectivity index (χ3v) is 3.78. The largest absolute Gasteiger partial charge is 0.321 e. The van der Waals surface area contributed by atoms with Gasteiger partial charge in [-0.05, 0) is 43.2 Å². The van der Waals surface area contributed by atoms with Crippen LogP contribution in [-0.2, 0) is 5.54 Å². The average Bonchev–Trinajstić information content (AvgIpc) is 3.18. The highest BCUT2D eigenvalue weighted by molar-refractivity contribution is 6.30. The minimum Gasteiger partial charge on any atom is -0.321 e. The van der Waals surface area contributed by atoms with Gasteiger partial charge < -0.3 is 5.73 Å². The minimum atomic E-state index is -0.574. The van der Waals surface area contributed by atoms with Gasteiger partial charge in [-0.2, -0.15) is 5.26 Å². The molecule has 1 aliphatic carbocycles. The molecule has 1 aliphatic rings. The molecule has 2 N–H and O–H groups in total. The number of nitrogens with two attached hydrogens (primary N) is 1. The van der Waals surface area contributed by atoms with Crippen molar-refractivity contribution in [3.8, 4) is 6.07 Å². The number of halogens is 4.